The van der Waals surface area contributed by atoms with Gasteiger partial charge in [-0.15, -0.1) is 0 Å². The zero-order valence-electron chi connectivity index (χ0n) is 11.6. The number of ether oxygens (including phenoxy) is 1. The maximum absolute atomic E-state index is 5.91. The van der Waals surface area contributed by atoms with Crippen LogP contribution in [-0.4, -0.2) is 24.7 Å². The first kappa shape index (κ1) is 12.9. The van der Waals surface area contributed by atoms with E-state index in [1.165, 1.54) is 44.2 Å². The fourth-order valence-electron chi connectivity index (χ4n) is 3.21. The summed E-state index contributed by atoms with van der Waals surface area (Å²) in [5, 5.41) is 3.39. The molecule has 19 heavy (non-hydrogen) atoms. The molecule has 1 saturated heterocycles. The molecule has 1 aromatic heterocycles. The Labute approximate surface area is 115 Å². The van der Waals surface area contributed by atoms with Crippen LogP contribution in [-0.2, 0) is 0 Å². The number of hydrogen-bond acceptors (Lipinski definition) is 3. The zero-order valence-corrected chi connectivity index (χ0v) is 11.6. The average Bonchev–Trinajstić information content (AvgIpc) is 3.01. The lowest BCUT2D eigenvalue weighted by molar-refractivity contribution is 0.208. The van der Waals surface area contributed by atoms with Gasteiger partial charge in [0.1, 0.15) is 0 Å². The molecule has 0 aromatic carbocycles. The minimum atomic E-state index is 0.669. The Hall–Kier alpha value is -1.09. The van der Waals surface area contributed by atoms with Crippen molar-refractivity contribution in [2.75, 3.05) is 19.7 Å². The summed E-state index contributed by atoms with van der Waals surface area (Å²) < 4.78 is 5.91. The molecule has 0 unspecified atom stereocenters. The Kier molecular flexibility index (Phi) is 4.34. The van der Waals surface area contributed by atoms with Gasteiger partial charge >= 0.3 is 0 Å². The minimum Gasteiger partial charge on any atom is -0.477 e. The van der Waals surface area contributed by atoms with E-state index in [0.717, 1.165) is 25.6 Å². The maximum Gasteiger partial charge on any atom is 0.213 e. The SMILES string of the molecule is c1cc(OCC2CCNCC2)nc(C2CCCC2)c1. The Balaban J connectivity index is 1.56. The number of nitrogens with one attached hydrogen (secondary N) is 1. The van der Waals surface area contributed by atoms with Gasteiger partial charge in [0.05, 0.1) is 6.61 Å². The van der Waals surface area contributed by atoms with Gasteiger partial charge in [-0.3, -0.25) is 0 Å². The first-order valence-electron chi connectivity index (χ1n) is 7.72. The van der Waals surface area contributed by atoms with Crippen molar-refractivity contribution >= 4 is 0 Å². The van der Waals surface area contributed by atoms with Crippen LogP contribution in [0.2, 0.25) is 0 Å². The van der Waals surface area contributed by atoms with Crippen LogP contribution in [0.15, 0.2) is 18.2 Å². The van der Waals surface area contributed by atoms with Crippen molar-refractivity contribution in [3.05, 3.63) is 23.9 Å². The fourth-order valence-corrected chi connectivity index (χ4v) is 3.21. The van der Waals surface area contributed by atoms with Crippen molar-refractivity contribution in [1.82, 2.24) is 10.3 Å². The van der Waals surface area contributed by atoms with Crippen LogP contribution in [0.25, 0.3) is 0 Å². The minimum absolute atomic E-state index is 0.669. The van der Waals surface area contributed by atoms with E-state index in [1.54, 1.807) is 0 Å². The third-order valence-electron chi connectivity index (χ3n) is 4.44. The quantitative estimate of drug-likeness (QED) is 0.903. The molecular formula is C16H24N2O. The van der Waals surface area contributed by atoms with Crippen LogP contribution in [0, 0.1) is 5.92 Å². The van der Waals surface area contributed by atoms with E-state index < -0.39 is 0 Å². The highest BCUT2D eigenvalue weighted by molar-refractivity contribution is 5.19. The molecule has 0 atom stereocenters. The van der Waals surface area contributed by atoms with Crippen molar-refractivity contribution < 1.29 is 4.74 Å². The maximum atomic E-state index is 5.91. The fraction of sp³-hybridized carbons (Fsp3) is 0.688. The Morgan fingerprint density at radius 3 is 2.68 bits per heavy atom. The van der Waals surface area contributed by atoms with Gasteiger partial charge < -0.3 is 10.1 Å². The van der Waals surface area contributed by atoms with Gasteiger partial charge in [-0.05, 0) is 50.8 Å². The monoisotopic (exact) mass is 260 g/mol. The molecule has 1 saturated carbocycles. The number of piperidine rings is 1. The summed E-state index contributed by atoms with van der Waals surface area (Å²) in [6.07, 6.45) is 7.75. The molecule has 3 rings (SSSR count). The first-order chi connectivity index (χ1) is 9.42. The van der Waals surface area contributed by atoms with Crippen molar-refractivity contribution in [3.8, 4) is 5.88 Å². The van der Waals surface area contributed by atoms with Gasteiger partial charge in [0, 0.05) is 17.7 Å². The Morgan fingerprint density at radius 1 is 1.11 bits per heavy atom. The number of hydrogen-bond donors (Lipinski definition) is 1. The predicted molar refractivity (Wildman–Crippen MR) is 76.5 cm³/mol. The summed E-state index contributed by atoms with van der Waals surface area (Å²) in [5.41, 5.74) is 1.24. The van der Waals surface area contributed by atoms with Gasteiger partial charge in [-0.25, -0.2) is 4.98 Å². The topological polar surface area (TPSA) is 34.1 Å². The highest BCUT2D eigenvalue weighted by Crippen LogP contribution is 2.33. The van der Waals surface area contributed by atoms with E-state index in [0.29, 0.717) is 11.8 Å². The molecule has 1 aliphatic carbocycles. The second-order valence-electron chi connectivity index (χ2n) is 5.89. The molecule has 104 valence electrons. The third-order valence-corrected chi connectivity index (χ3v) is 4.44. The number of aromatic nitrogens is 1. The lowest BCUT2D eigenvalue weighted by atomic mass is 9.99. The summed E-state index contributed by atoms with van der Waals surface area (Å²) >= 11 is 0. The van der Waals surface area contributed by atoms with Crippen molar-refractivity contribution in [2.24, 2.45) is 5.92 Å². The molecule has 0 radical (unpaired) electrons. The first-order valence-corrected chi connectivity index (χ1v) is 7.72. The van der Waals surface area contributed by atoms with Crippen LogP contribution in [0.5, 0.6) is 5.88 Å². The molecule has 2 fully saturated rings. The predicted octanol–water partition coefficient (Wildman–Crippen LogP) is 3.12. The molecule has 0 spiro atoms. The lowest BCUT2D eigenvalue weighted by Crippen LogP contribution is -2.30. The summed E-state index contributed by atoms with van der Waals surface area (Å²) in [4.78, 5) is 4.70. The lowest BCUT2D eigenvalue weighted by Gasteiger charge is -2.22. The molecule has 0 bridgehead atoms. The van der Waals surface area contributed by atoms with Crippen LogP contribution < -0.4 is 10.1 Å². The van der Waals surface area contributed by atoms with Gasteiger partial charge in [-0.1, -0.05) is 18.9 Å². The van der Waals surface area contributed by atoms with Crippen LogP contribution in [0.3, 0.4) is 0 Å². The summed E-state index contributed by atoms with van der Waals surface area (Å²) in [6, 6.07) is 6.26. The second-order valence-corrected chi connectivity index (χ2v) is 5.89. The van der Waals surface area contributed by atoms with Gasteiger partial charge in [-0.2, -0.15) is 0 Å². The molecule has 1 N–H and O–H groups in total. The van der Waals surface area contributed by atoms with Crippen molar-refractivity contribution in [2.45, 2.75) is 44.4 Å². The van der Waals surface area contributed by atoms with Crippen molar-refractivity contribution in [3.63, 3.8) is 0 Å². The van der Waals surface area contributed by atoms with Gasteiger partial charge in [0.25, 0.3) is 0 Å². The molecule has 1 aromatic rings. The number of pyridine rings is 1. The highest BCUT2D eigenvalue weighted by Gasteiger charge is 2.19. The van der Waals surface area contributed by atoms with E-state index in [9.17, 15) is 0 Å². The van der Waals surface area contributed by atoms with Crippen LogP contribution in [0.1, 0.15) is 50.1 Å². The molecule has 1 aliphatic heterocycles. The highest BCUT2D eigenvalue weighted by atomic mass is 16.5. The van der Waals surface area contributed by atoms with E-state index in [2.05, 4.69) is 17.4 Å². The van der Waals surface area contributed by atoms with Gasteiger partial charge in [0.15, 0.2) is 0 Å². The van der Waals surface area contributed by atoms with E-state index in [4.69, 9.17) is 9.72 Å². The molecule has 3 heteroatoms. The molecule has 3 nitrogen and oxygen atoms in total. The molecular weight excluding hydrogens is 236 g/mol. The summed E-state index contributed by atoms with van der Waals surface area (Å²) in [5.74, 6) is 2.18. The normalized spacial score (nSPS) is 21.7. The molecule has 2 heterocycles. The Morgan fingerprint density at radius 2 is 1.89 bits per heavy atom. The van der Waals surface area contributed by atoms with Crippen LogP contribution >= 0.6 is 0 Å². The number of rotatable bonds is 4. The van der Waals surface area contributed by atoms with E-state index in [-0.39, 0.29) is 0 Å². The number of nitrogens with zero attached hydrogens (tertiary/aromatic N) is 1. The van der Waals surface area contributed by atoms with E-state index in [1.807, 2.05) is 6.07 Å². The molecule has 2 aliphatic rings. The summed E-state index contributed by atoms with van der Waals surface area (Å²) in [7, 11) is 0. The smallest absolute Gasteiger partial charge is 0.213 e. The largest absolute Gasteiger partial charge is 0.477 e. The van der Waals surface area contributed by atoms with E-state index >= 15 is 0 Å². The average molecular weight is 260 g/mol. The standard InChI is InChI=1S/C16H24N2O/c1-2-5-14(4-1)15-6-3-7-16(18-15)19-12-13-8-10-17-11-9-13/h3,6-7,13-14,17H,1-2,4-5,8-12H2. The van der Waals surface area contributed by atoms with Crippen molar-refractivity contribution in [1.29, 1.82) is 0 Å². The second kappa shape index (κ2) is 6.38. The third kappa shape index (κ3) is 3.47. The van der Waals surface area contributed by atoms with Crippen LogP contribution in [0.4, 0.5) is 0 Å². The van der Waals surface area contributed by atoms with Gasteiger partial charge in [0.2, 0.25) is 5.88 Å². The summed E-state index contributed by atoms with van der Waals surface area (Å²) in [6.45, 7) is 3.08. The molecule has 0 amide bonds. The zero-order chi connectivity index (χ0) is 12.9. The Bertz CT molecular complexity index is 395.